The lowest BCUT2D eigenvalue weighted by molar-refractivity contribution is 0.0992. The van der Waals surface area contributed by atoms with Gasteiger partial charge in [-0.3, -0.25) is 4.79 Å². The smallest absolute Gasteiger partial charge is 0.179 e. The first-order valence-electron chi connectivity index (χ1n) is 4.17. The molecule has 0 aromatic carbocycles. The van der Waals surface area contributed by atoms with Gasteiger partial charge in [-0.2, -0.15) is 0 Å². The molecule has 0 spiro atoms. The molecule has 0 bridgehead atoms. The van der Waals surface area contributed by atoms with Crippen molar-refractivity contribution in [1.82, 2.24) is 0 Å². The minimum absolute atomic E-state index is 0.0224. The molecule has 78 valence electrons. The van der Waals surface area contributed by atoms with E-state index in [0.717, 1.165) is 4.88 Å². The fourth-order valence-electron chi connectivity index (χ4n) is 1.19. The summed E-state index contributed by atoms with van der Waals surface area (Å²) in [4.78, 5) is 12.7. The third-order valence-corrected chi connectivity index (χ3v) is 3.73. The van der Waals surface area contributed by atoms with Gasteiger partial charge in [0, 0.05) is 11.3 Å². The number of furan rings is 1. The number of rotatable bonds is 3. The van der Waals surface area contributed by atoms with Crippen molar-refractivity contribution < 1.29 is 9.21 Å². The summed E-state index contributed by atoms with van der Waals surface area (Å²) in [6, 6.07) is 5.31. The minimum atomic E-state index is 0.0224. The molecule has 0 atom stereocenters. The number of ketones is 1. The van der Waals surface area contributed by atoms with E-state index < -0.39 is 0 Å². The van der Waals surface area contributed by atoms with Crippen LogP contribution in [0, 0.1) is 0 Å². The summed E-state index contributed by atoms with van der Waals surface area (Å²) in [6.07, 6.45) is 1.84. The van der Waals surface area contributed by atoms with Crippen molar-refractivity contribution in [3.05, 3.63) is 43.9 Å². The molecular weight excluding hydrogens is 300 g/mol. The average molecular weight is 306 g/mol. The van der Waals surface area contributed by atoms with Gasteiger partial charge in [-0.1, -0.05) is 11.6 Å². The molecule has 0 amide bonds. The van der Waals surface area contributed by atoms with Crippen LogP contribution in [-0.4, -0.2) is 5.78 Å². The fourth-order valence-corrected chi connectivity index (χ4v) is 2.74. The van der Waals surface area contributed by atoms with Crippen molar-refractivity contribution >= 4 is 44.7 Å². The zero-order valence-corrected chi connectivity index (χ0v) is 10.7. The van der Waals surface area contributed by atoms with Crippen molar-refractivity contribution in [3.8, 4) is 0 Å². The topological polar surface area (TPSA) is 30.2 Å². The zero-order chi connectivity index (χ0) is 10.8. The van der Waals surface area contributed by atoms with E-state index in [1.165, 1.54) is 17.6 Å². The summed E-state index contributed by atoms with van der Waals surface area (Å²) >= 11 is 10.4. The van der Waals surface area contributed by atoms with E-state index in [4.69, 9.17) is 16.0 Å². The molecule has 0 saturated carbocycles. The number of Topliss-reactive ketones (excluding diaryl/α,β-unsaturated/α-hetero) is 1. The molecule has 5 heteroatoms. The van der Waals surface area contributed by atoms with Crippen LogP contribution in [0.25, 0.3) is 0 Å². The summed E-state index contributed by atoms with van der Waals surface area (Å²) in [7, 11) is 0. The Kier molecular flexibility index (Phi) is 3.29. The van der Waals surface area contributed by atoms with Gasteiger partial charge in [-0.25, -0.2) is 0 Å². The molecule has 0 radical (unpaired) electrons. The van der Waals surface area contributed by atoms with Crippen LogP contribution in [0.15, 0.2) is 33.5 Å². The SMILES string of the molecule is O=C(Cc1ccc(Cl)s1)c1ccoc1Br. The Morgan fingerprint density at radius 1 is 1.47 bits per heavy atom. The van der Waals surface area contributed by atoms with Crippen molar-refractivity contribution in [3.63, 3.8) is 0 Å². The molecule has 0 saturated heterocycles. The van der Waals surface area contributed by atoms with E-state index in [9.17, 15) is 4.79 Å². The number of carbonyl (C=O) groups excluding carboxylic acids is 1. The van der Waals surface area contributed by atoms with Crippen LogP contribution in [0.1, 0.15) is 15.2 Å². The van der Waals surface area contributed by atoms with Gasteiger partial charge >= 0.3 is 0 Å². The van der Waals surface area contributed by atoms with Crippen molar-refractivity contribution in [1.29, 1.82) is 0 Å². The van der Waals surface area contributed by atoms with Crippen LogP contribution < -0.4 is 0 Å². The van der Waals surface area contributed by atoms with E-state index in [0.29, 0.717) is 21.0 Å². The third kappa shape index (κ3) is 2.51. The van der Waals surface area contributed by atoms with E-state index in [1.54, 1.807) is 12.1 Å². The maximum absolute atomic E-state index is 11.8. The Morgan fingerprint density at radius 2 is 2.27 bits per heavy atom. The summed E-state index contributed by atoms with van der Waals surface area (Å²) in [6.45, 7) is 0. The molecule has 2 heterocycles. The van der Waals surface area contributed by atoms with Gasteiger partial charge in [-0.05, 0) is 34.1 Å². The monoisotopic (exact) mass is 304 g/mol. The molecule has 2 rings (SSSR count). The first kappa shape index (κ1) is 10.9. The first-order valence-corrected chi connectivity index (χ1v) is 6.16. The molecule has 15 heavy (non-hydrogen) atoms. The zero-order valence-electron chi connectivity index (χ0n) is 7.50. The normalized spacial score (nSPS) is 10.5. The van der Waals surface area contributed by atoms with Crippen LogP contribution in [0.4, 0.5) is 0 Å². The van der Waals surface area contributed by atoms with E-state index in [2.05, 4.69) is 15.9 Å². The summed E-state index contributed by atoms with van der Waals surface area (Å²) in [5.41, 5.74) is 0.569. The first-order chi connectivity index (χ1) is 7.16. The average Bonchev–Trinajstić information content (AvgIpc) is 2.75. The predicted molar refractivity (Wildman–Crippen MR) is 63.8 cm³/mol. The maximum Gasteiger partial charge on any atom is 0.179 e. The maximum atomic E-state index is 11.8. The van der Waals surface area contributed by atoms with Gasteiger partial charge in [0.15, 0.2) is 10.5 Å². The molecule has 2 aromatic heterocycles. The number of thiophene rings is 1. The molecule has 2 aromatic rings. The summed E-state index contributed by atoms with van der Waals surface area (Å²) in [5.74, 6) is 0.0224. The van der Waals surface area contributed by atoms with Gasteiger partial charge in [0.05, 0.1) is 16.2 Å². The number of halogens is 2. The highest BCUT2D eigenvalue weighted by atomic mass is 79.9. The van der Waals surface area contributed by atoms with Gasteiger partial charge in [0.25, 0.3) is 0 Å². The van der Waals surface area contributed by atoms with Gasteiger partial charge in [0.1, 0.15) is 0 Å². The molecular formula is C10H6BrClO2S. The standard InChI is InChI=1S/C10H6BrClO2S/c11-10-7(3-4-14-10)8(13)5-6-1-2-9(12)15-6/h1-4H,5H2. The van der Waals surface area contributed by atoms with Gasteiger partial charge < -0.3 is 4.42 Å². The second kappa shape index (κ2) is 4.51. The lowest BCUT2D eigenvalue weighted by Crippen LogP contribution is -2.00. The lowest BCUT2D eigenvalue weighted by atomic mass is 10.1. The molecule has 0 aliphatic heterocycles. The molecule has 0 fully saturated rings. The Bertz CT molecular complexity index is 489. The van der Waals surface area contributed by atoms with Crippen LogP contribution in [-0.2, 0) is 6.42 Å². The van der Waals surface area contributed by atoms with Gasteiger partial charge in [-0.15, -0.1) is 11.3 Å². The molecule has 0 unspecified atom stereocenters. The van der Waals surface area contributed by atoms with Crippen LogP contribution in [0.3, 0.4) is 0 Å². The predicted octanol–water partition coefficient (Wildman–Crippen LogP) is 4.18. The van der Waals surface area contributed by atoms with Crippen LogP contribution >= 0.6 is 38.9 Å². The number of hydrogen-bond acceptors (Lipinski definition) is 3. The second-order valence-electron chi connectivity index (χ2n) is 2.91. The van der Waals surface area contributed by atoms with Crippen molar-refractivity contribution in [2.24, 2.45) is 0 Å². The van der Waals surface area contributed by atoms with E-state index in [1.807, 2.05) is 6.07 Å². The fraction of sp³-hybridized carbons (Fsp3) is 0.100. The van der Waals surface area contributed by atoms with E-state index >= 15 is 0 Å². The molecule has 0 aliphatic carbocycles. The largest absolute Gasteiger partial charge is 0.457 e. The Hall–Kier alpha value is -0.580. The third-order valence-electron chi connectivity index (χ3n) is 1.88. The highest BCUT2D eigenvalue weighted by Crippen LogP contribution is 2.24. The Morgan fingerprint density at radius 3 is 2.80 bits per heavy atom. The summed E-state index contributed by atoms with van der Waals surface area (Å²) in [5, 5.41) is 0. The summed E-state index contributed by atoms with van der Waals surface area (Å²) < 4.78 is 6.18. The number of carbonyl (C=O) groups is 1. The van der Waals surface area contributed by atoms with Crippen LogP contribution in [0.2, 0.25) is 4.34 Å². The number of hydrogen-bond donors (Lipinski definition) is 0. The lowest BCUT2D eigenvalue weighted by Gasteiger charge is -1.95. The van der Waals surface area contributed by atoms with Crippen molar-refractivity contribution in [2.45, 2.75) is 6.42 Å². The second-order valence-corrected chi connectivity index (χ2v) is 5.43. The molecule has 0 N–H and O–H groups in total. The molecule has 2 nitrogen and oxygen atoms in total. The van der Waals surface area contributed by atoms with Gasteiger partial charge in [0.2, 0.25) is 0 Å². The highest BCUT2D eigenvalue weighted by Gasteiger charge is 2.13. The van der Waals surface area contributed by atoms with Crippen LogP contribution in [0.5, 0.6) is 0 Å². The Labute approximate surface area is 104 Å². The minimum Gasteiger partial charge on any atom is -0.457 e. The van der Waals surface area contributed by atoms with E-state index in [-0.39, 0.29) is 5.78 Å². The molecule has 0 aliphatic rings. The highest BCUT2D eigenvalue weighted by molar-refractivity contribution is 9.10. The Balaban J connectivity index is 2.14. The quantitative estimate of drug-likeness (QED) is 0.796. The van der Waals surface area contributed by atoms with Crippen molar-refractivity contribution in [2.75, 3.05) is 0 Å².